The molecule has 2 radical (unpaired) electrons. The van der Waals surface area contributed by atoms with Gasteiger partial charge in [0.15, 0.2) is 0 Å². The number of hydrogen-bond donors (Lipinski definition) is 0. The minimum Gasteiger partial charge on any atom is -0.382 e. The predicted molar refractivity (Wildman–Crippen MR) is 125 cm³/mol. The Labute approximate surface area is 182 Å². The van der Waals surface area contributed by atoms with Crippen LogP contribution >= 0.6 is 0 Å². The number of nitrogens with zero attached hydrogens (tertiary/aromatic N) is 1. The van der Waals surface area contributed by atoms with E-state index in [-0.39, 0.29) is 17.5 Å². The van der Waals surface area contributed by atoms with Gasteiger partial charge in [-0.15, -0.1) is 0 Å². The van der Waals surface area contributed by atoms with E-state index in [2.05, 4.69) is 117 Å². The van der Waals surface area contributed by atoms with Crippen molar-refractivity contribution in [2.45, 2.75) is 38.4 Å². The Morgan fingerprint density at radius 3 is 1.47 bits per heavy atom. The molecule has 30 heavy (non-hydrogen) atoms. The maximum atomic E-state index is 6.48. The van der Waals surface area contributed by atoms with E-state index in [0.717, 1.165) is 6.54 Å². The Morgan fingerprint density at radius 2 is 1.10 bits per heavy atom. The van der Waals surface area contributed by atoms with Crippen LogP contribution in [-0.2, 0) is 10.3 Å². The fourth-order valence-electron chi connectivity index (χ4n) is 4.63. The minimum atomic E-state index is -0.450. The van der Waals surface area contributed by atoms with E-state index in [4.69, 9.17) is 12.6 Å². The molecule has 0 aromatic heterocycles. The van der Waals surface area contributed by atoms with Gasteiger partial charge in [0.05, 0.1) is 11.6 Å². The molecule has 0 saturated carbocycles. The average molecular weight is 395 g/mol. The molecular weight excluding hydrogens is 365 g/mol. The van der Waals surface area contributed by atoms with Crippen molar-refractivity contribution in [3.8, 4) is 0 Å². The lowest BCUT2D eigenvalue weighted by Gasteiger charge is -2.52. The second-order valence-corrected chi connectivity index (χ2v) is 9.24. The van der Waals surface area contributed by atoms with Gasteiger partial charge in [-0.2, -0.15) is 0 Å². The number of benzene rings is 3. The third-order valence-electron chi connectivity index (χ3n) is 6.14. The molecule has 4 rings (SSSR count). The molecule has 1 heterocycles. The third kappa shape index (κ3) is 3.85. The molecule has 0 bridgehead atoms. The maximum absolute atomic E-state index is 6.48. The zero-order valence-electron chi connectivity index (χ0n) is 18.2. The first kappa shape index (κ1) is 20.9. The molecule has 1 fully saturated rings. The van der Waals surface area contributed by atoms with E-state index < -0.39 is 5.54 Å². The first-order valence-corrected chi connectivity index (χ1v) is 10.7. The van der Waals surface area contributed by atoms with Crippen LogP contribution in [-0.4, -0.2) is 37.9 Å². The summed E-state index contributed by atoms with van der Waals surface area (Å²) in [6.07, 6.45) is 0.0387. The van der Waals surface area contributed by atoms with Gasteiger partial charge in [0.2, 0.25) is 0 Å². The first-order chi connectivity index (χ1) is 14.4. The van der Waals surface area contributed by atoms with Gasteiger partial charge >= 0.3 is 0 Å². The molecule has 3 heteroatoms. The van der Waals surface area contributed by atoms with Crippen molar-refractivity contribution in [1.29, 1.82) is 0 Å². The Hall–Kier alpha value is -2.36. The highest BCUT2D eigenvalue weighted by Gasteiger charge is 2.46. The van der Waals surface area contributed by atoms with E-state index in [1.165, 1.54) is 16.7 Å². The lowest BCUT2D eigenvalue weighted by Crippen LogP contribution is -2.60. The molecule has 2 unspecified atom stereocenters. The van der Waals surface area contributed by atoms with E-state index in [1.54, 1.807) is 0 Å². The van der Waals surface area contributed by atoms with E-state index >= 15 is 0 Å². The van der Waals surface area contributed by atoms with Gasteiger partial charge in [-0.05, 0) is 22.1 Å². The normalized spacial score (nSPS) is 20.8. The summed E-state index contributed by atoms with van der Waals surface area (Å²) in [6, 6.07) is 32.0. The molecule has 0 amide bonds. The Kier molecular flexibility index (Phi) is 5.86. The molecule has 0 spiro atoms. The summed E-state index contributed by atoms with van der Waals surface area (Å²) in [6.45, 7) is 8.14. The molecule has 1 aliphatic heterocycles. The smallest absolute Gasteiger partial charge is 0.110 e. The molecular formula is C27H30BNO. The zero-order valence-corrected chi connectivity index (χ0v) is 18.2. The van der Waals surface area contributed by atoms with E-state index in [9.17, 15) is 0 Å². The van der Waals surface area contributed by atoms with Crippen LogP contribution in [0, 0.1) is 5.41 Å². The van der Waals surface area contributed by atoms with Gasteiger partial charge < -0.3 is 4.74 Å². The van der Waals surface area contributed by atoms with Crippen molar-refractivity contribution in [1.82, 2.24) is 4.90 Å². The highest BCUT2D eigenvalue weighted by molar-refractivity contribution is 6.11. The minimum absolute atomic E-state index is 0.00784. The molecule has 1 saturated heterocycles. The molecule has 1 aliphatic rings. The van der Waals surface area contributed by atoms with E-state index in [1.807, 2.05) is 0 Å². The van der Waals surface area contributed by atoms with Crippen LogP contribution in [0.1, 0.15) is 37.5 Å². The van der Waals surface area contributed by atoms with Crippen LogP contribution in [0.5, 0.6) is 0 Å². The Bertz CT molecular complexity index is 840. The lowest BCUT2D eigenvalue weighted by atomic mass is 9.73. The lowest BCUT2D eigenvalue weighted by molar-refractivity contribution is -0.114. The number of morpholine rings is 1. The number of hydrogen-bond acceptors (Lipinski definition) is 2. The second kappa shape index (κ2) is 8.41. The predicted octanol–water partition coefficient (Wildman–Crippen LogP) is 5.22. The average Bonchev–Trinajstić information content (AvgIpc) is 2.76. The Morgan fingerprint density at radius 1 is 0.700 bits per heavy atom. The number of rotatable bonds is 4. The first-order valence-electron chi connectivity index (χ1n) is 10.7. The van der Waals surface area contributed by atoms with Crippen LogP contribution in [0.2, 0.25) is 0 Å². The van der Waals surface area contributed by atoms with Crippen LogP contribution in [0.4, 0.5) is 0 Å². The van der Waals surface area contributed by atoms with Crippen molar-refractivity contribution < 1.29 is 4.74 Å². The van der Waals surface area contributed by atoms with Gasteiger partial charge in [-0.3, -0.25) is 4.90 Å². The van der Waals surface area contributed by atoms with Crippen molar-refractivity contribution in [2.75, 3.05) is 13.1 Å². The van der Waals surface area contributed by atoms with Crippen molar-refractivity contribution in [3.63, 3.8) is 0 Å². The highest BCUT2D eigenvalue weighted by Crippen LogP contribution is 2.44. The van der Waals surface area contributed by atoms with Crippen molar-refractivity contribution in [3.05, 3.63) is 108 Å². The SMILES string of the molecule is [B]C1CN(C(c2ccccc2)(c2ccccc2)c2ccccc2)CC(C(C)(C)C)O1. The fourth-order valence-corrected chi connectivity index (χ4v) is 4.63. The van der Waals surface area contributed by atoms with Crippen LogP contribution in [0.3, 0.4) is 0 Å². The molecule has 3 aromatic carbocycles. The quantitative estimate of drug-likeness (QED) is 0.444. The molecule has 2 atom stereocenters. The van der Waals surface area contributed by atoms with Crippen LogP contribution < -0.4 is 0 Å². The molecule has 152 valence electrons. The fraction of sp³-hybridized carbons (Fsp3) is 0.333. The zero-order chi connectivity index (χ0) is 21.2. The topological polar surface area (TPSA) is 12.5 Å². The standard InChI is InChI=1S/C27H30BNO/c1-26(2,3)24-19-29(20-25(28)30-24)27(21-13-7-4-8-14-21,22-15-9-5-10-16-22)23-17-11-6-12-18-23/h4-18,24-25H,19-20H2,1-3H3. The molecule has 0 aliphatic carbocycles. The van der Waals surface area contributed by atoms with Gasteiger partial charge in [0.1, 0.15) is 7.85 Å². The van der Waals surface area contributed by atoms with E-state index in [0.29, 0.717) is 6.54 Å². The summed E-state index contributed by atoms with van der Waals surface area (Å²) in [5.41, 5.74) is 3.26. The largest absolute Gasteiger partial charge is 0.382 e. The van der Waals surface area contributed by atoms with Gasteiger partial charge in [-0.25, -0.2) is 0 Å². The van der Waals surface area contributed by atoms with Gasteiger partial charge in [-0.1, -0.05) is 112 Å². The van der Waals surface area contributed by atoms with Crippen molar-refractivity contribution >= 4 is 7.85 Å². The molecule has 0 N–H and O–H groups in total. The van der Waals surface area contributed by atoms with Gasteiger partial charge in [0, 0.05) is 19.1 Å². The summed E-state index contributed by atoms with van der Waals surface area (Å²) < 4.78 is 6.22. The highest BCUT2D eigenvalue weighted by atomic mass is 16.5. The third-order valence-corrected chi connectivity index (χ3v) is 6.14. The van der Waals surface area contributed by atoms with Crippen molar-refractivity contribution in [2.24, 2.45) is 5.41 Å². The number of ether oxygens (including phenoxy) is 1. The summed E-state index contributed by atoms with van der Waals surface area (Å²) in [5.74, 6) is 0. The second-order valence-electron chi connectivity index (χ2n) is 9.24. The summed E-state index contributed by atoms with van der Waals surface area (Å²) in [7, 11) is 6.48. The van der Waals surface area contributed by atoms with Crippen LogP contribution in [0.15, 0.2) is 91.0 Å². The summed E-state index contributed by atoms with van der Waals surface area (Å²) >= 11 is 0. The summed E-state index contributed by atoms with van der Waals surface area (Å²) in [5, 5.41) is 0. The Balaban J connectivity index is 1.98. The summed E-state index contributed by atoms with van der Waals surface area (Å²) in [4.78, 5) is 2.52. The molecule has 2 nitrogen and oxygen atoms in total. The maximum Gasteiger partial charge on any atom is 0.110 e. The monoisotopic (exact) mass is 395 g/mol. The molecule has 3 aromatic rings. The van der Waals surface area contributed by atoms with Crippen LogP contribution in [0.25, 0.3) is 0 Å². The van der Waals surface area contributed by atoms with Gasteiger partial charge in [0.25, 0.3) is 0 Å².